The van der Waals surface area contributed by atoms with Crippen LogP contribution in [0.4, 0.5) is 0 Å². The van der Waals surface area contributed by atoms with Crippen LogP contribution in [0, 0.1) is 16.7 Å². The topological polar surface area (TPSA) is 51.1 Å². The zero-order chi connectivity index (χ0) is 15.5. The second-order valence-electron chi connectivity index (χ2n) is 7.11. The Morgan fingerprint density at radius 2 is 2.00 bits per heavy atom. The van der Waals surface area contributed by atoms with Gasteiger partial charge >= 0.3 is 0 Å². The first-order valence-electron chi connectivity index (χ1n) is 7.57. The number of hydrogen-bond donors (Lipinski definition) is 2. The summed E-state index contributed by atoms with van der Waals surface area (Å²) >= 11 is 0. The Morgan fingerprint density at radius 1 is 1.29 bits per heavy atom. The number of benzene rings is 1. The number of hydrogen-bond acceptors (Lipinski definition) is 4. The molecule has 2 rings (SSSR count). The van der Waals surface area contributed by atoms with Crippen molar-refractivity contribution in [2.45, 2.75) is 45.8 Å². The Bertz CT molecular complexity index is 512. The minimum Gasteiger partial charge on any atom is -0.300 e. The number of likely N-dealkylation sites (N-methyl/N-ethyl adjacent to an activating group) is 1. The summed E-state index contributed by atoms with van der Waals surface area (Å²) in [7, 11) is 2.11. The van der Waals surface area contributed by atoms with Crippen LogP contribution < -0.4 is 10.9 Å². The molecule has 0 aromatic heterocycles. The molecule has 1 saturated heterocycles. The lowest BCUT2D eigenvalue weighted by atomic mass is 9.84. The summed E-state index contributed by atoms with van der Waals surface area (Å²) in [6, 6.07) is 11.0. The van der Waals surface area contributed by atoms with Crippen molar-refractivity contribution in [1.29, 1.82) is 5.26 Å². The predicted molar refractivity (Wildman–Crippen MR) is 85.4 cm³/mol. The van der Waals surface area contributed by atoms with Crippen LogP contribution in [0.3, 0.4) is 0 Å². The molecular formula is C17H26N4. The molecule has 21 heavy (non-hydrogen) atoms. The first-order valence-corrected chi connectivity index (χ1v) is 7.57. The summed E-state index contributed by atoms with van der Waals surface area (Å²) in [5.41, 5.74) is 8.95. The molecule has 4 nitrogen and oxygen atoms in total. The van der Waals surface area contributed by atoms with Gasteiger partial charge in [-0.05, 0) is 30.5 Å². The molecule has 1 aromatic carbocycles. The van der Waals surface area contributed by atoms with E-state index < -0.39 is 0 Å². The van der Waals surface area contributed by atoms with Crippen molar-refractivity contribution < 1.29 is 0 Å². The van der Waals surface area contributed by atoms with E-state index in [1.807, 2.05) is 24.3 Å². The maximum atomic E-state index is 9.15. The maximum absolute atomic E-state index is 9.15. The number of hydrazine groups is 1. The quantitative estimate of drug-likeness (QED) is 0.891. The minimum atomic E-state index is 0.272. The summed E-state index contributed by atoms with van der Waals surface area (Å²) < 4.78 is 0. The lowest BCUT2D eigenvalue weighted by molar-refractivity contribution is 0.278. The lowest BCUT2D eigenvalue weighted by Gasteiger charge is -2.26. The molecule has 0 aliphatic carbocycles. The van der Waals surface area contributed by atoms with Gasteiger partial charge in [0.15, 0.2) is 0 Å². The van der Waals surface area contributed by atoms with Gasteiger partial charge < -0.3 is 4.90 Å². The summed E-state index contributed by atoms with van der Waals surface area (Å²) in [4.78, 5) is 2.28. The molecule has 2 N–H and O–H groups in total. The number of nitrogens with zero attached hydrogens (tertiary/aromatic N) is 2. The summed E-state index contributed by atoms with van der Waals surface area (Å²) in [6.45, 7) is 8.58. The van der Waals surface area contributed by atoms with E-state index in [4.69, 9.17) is 5.26 Å². The second kappa shape index (κ2) is 6.57. The van der Waals surface area contributed by atoms with Crippen molar-refractivity contribution in [3.63, 3.8) is 0 Å². The molecule has 0 saturated carbocycles. The summed E-state index contributed by atoms with van der Waals surface area (Å²) in [6.07, 6.45) is 1.13. The molecule has 0 radical (unpaired) electrons. The van der Waals surface area contributed by atoms with Gasteiger partial charge in [-0.1, -0.05) is 39.0 Å². The van der Waals surface area contributed by atoms with E-state index in [0.717, 1.165) is 30.6 Å². The van der Waals surface area contributed by atoms with Crippen LogP contribution >= 0.6 is 0 Å². The molecule has 4 heteroatoms. The van der Waals surface area contributed by atoms with Crippen LogP contribution in [0.25, 0.3) is 0 Å². The van der Waals surface area contributed by atoms with Gasteiger partial charge in [-0.3, -0.25) is 10.9 Å². The average Bonchev–Trinajstić information content (AvgIpc) is 2.87. The second-order valence-corrected chi connectivity index (χ2v) is 7.11. The van der Waals surface area contributed by atoms with Crippen molar-refractivity contribution in [3.05, 3.63) is 35.4 Å². The zero-order valence-electron chi connectivity index (χ0n) is 13.5. The van der Waals surface area contributed by atoms with Gasteiger partial charge in [0.05, 0.1) is 11.6 Å². The predicted octanol–water partition coefficient (Wildman–Crippen LogP) is 2.27. The fourth-order valence-corrected chi connectivity index (χ4v) is 2.81. The van der Waals surface area contributed by atoms with Gasteiger partial charge in [0.2, 0.25) is 0 Å². The normalized spacial score (nSPS) is 22.5. The van der Waals surface area contributed by atoms with Gasteiger partial charge in [-0.2, -0.15) is 5.26 Å². The number of nitrogens with one attached hydrogen (secondary N) is 2. The van der Waals surface area contributed by atoms with Crippen LogP contribution in [0.15, 0.2) is 24.3 Å². The van der Waals surface area contributed by atoms with E-state index in [2.05, 4.69) is 49.6 Å². The highest BCUT2D eigenvalue weighted by atomic mass is 15.4. The molecule has 2 atom stereocenters. The minimum absolute atomic E-state index is 0.272. The molecule has 1 heterocycles. The van der Waals surface area contributed by atoms with E-state index in [9.17, 15) is 0 Å². The van der Waals surface area contributed by atoms with Gasteiger partial charge in [0.25, 0.3) is 0 Å². The first-order chi connectivity index (χ1) is 9.90. The molecule has 0 bridgehead atoms. The van der Waals surface area contributed by atoms with Crippen LogP contribution in [0.2, 0.25) is 0 Å². The number of nitriles is 1. The van der Waals surface area contributed by atoms with Gasteiger partial charge in [-0.25, -0.2) is 0 Å². The fraction of sp³-hybridized carbons (Fsp3) is 0.588. The van der Waals surface area contributed by atoms with E-state index in [1.165, 1.54) is 0 Å². The lowest BCUT2D eigenvalue weighted by Crippen LogP contribution is -2.41. The maximum Gasteiger partial charge on any atom is 0.0995 e. The Hall–Kier alpha value is -1.41. The largest absolute Gasteiger partial charge is 0.300 e. The van der Waals surface area contributed by atoms with Crippen molar-refractivity contribution in [2.24, 2.45) is 5.41 Å². The van der Waals surface area contributed by atoms with Crippen molar-refractivity contribution in [1.82, 2.24) is 15.8 Å². The molecule has 2 unspecified atom stereocenters. The Labute approximate surface area is 128 Å². The molecule has 114 valence electrons. The van der Waals surface area contributed by atoms with Crippen LogP contribution in [-0.4, -0.2) is 30.6 Å². The summed E-state index contributed by atoms with van der Waals surface area (Å²) in [5, 5.41) is 9.15. The van der Waals surface area contributed by atoms with E-state index in [0.29, 0.717) is 12.1 Å². The Kier molecular flexibility index (Phi) is 5.00. The van der Waals surface area contributed by atoms with Crippen molar-refractivity contribution >= 4 is 0 Å². The summed E-state index contributed by atoms with van der Waals surface area (Å²) in [5.74, 6) is 0. The average molecular weight is 286 g/mol. The monoisotopic (exact) mass is 286 g/mol. The molecule has 0 amide bonds. The third-order valence-electron chi connectivity index (χ3n) is 4.14. The Morgan fingerprint density at radius 3 is 2.62 bits per heavy atom. The van der Waals surface area contributed by atoms with Crippen LogP contribution in [-0.2, 0) is 6.54 Å². The third-order valence-corrected chi connectivity index (χ3v) is 4.14. The van der Waals surface area contributed by atoms with E-state index in [1.54, 1.807) is 0 Å². The van der Waals surface area contributed by atoms with E-state index >= 15 is 0 Å². The van der Waals surface area contributed by atoms with E-state index in [-0.39, 0.29) is 5.41 Å². The fourth-order valence-electron chi connectivity index (χ4n) is 2.81. The van der Waals surface area contributed by atoms with Crippen LogP contribution in [0.1, 0.15) is 38.3 Å². The standard InChI is InChI=1S/C17H26N4/c1-17(2,3)16-9-15(19-20-16)12-21(4)11-14-8-6-5-7-13(14)10-18/h5-8,15-16,19-20H,9,11-12H2,1-4H3. The molecule has 0 spiro atoms. The molecule has 1 aliphatic heterocycles. The zero-order valence-corrected chi connectivity index (χ0v) is 13.5. The number of rotatable bonds is 4. The van der Waals surface area contributed by atoms with Gasteiger partial charge in [0.1, 0.15) is 0 Å². The van der Waals surface area contributed by atoms with Gasteiger partial charge in [-0.15, -0.1) is 0 Å². The highest BCUT2D eigenvalue weighted by Crippen LogP contribution is 2.25. The highest BCUT2D eigenvalue weighted by Gasteiger charge is 2.32. The highest BCUT2D eigenvalue weighted by molar-refractivity contribution is 5.37. The van der Waals surface area contributed by atoms with Crippen molar-refractivity contribution in [2.75, 3.05) is 13.6 Å². The smallest absolute Gasteiger partial charge is 0.0995 e. The molecule has 1 fully saturated rings. The molecule has 1 aromatic rings. The van der Waals surface area contributed by atoms with Crippen LogP contribution in [0.5, 0.6) is 0 Å². The first kappa shape index (κ1) is 16.0. The molecular weight excluding hydrogens is 260 g/mol. The SMILES string of the molecule is CN(Cc1ccccc1C#N)CC1CC(C(C)(C)C)NN1. The van der Waals surface area contributed by atoms with Crippen molar-refractivity contribution in [3.8, 4) is 6.07 Å². The Balaban J connectivity index is 1.89. The third kappa shape index (κ3) is 4.28. The van der Waals surface area contributed by atoms with Gasteiger partial charge in [0, 0.05) is 25.2 Å². The molecule has 1 aliphatic rings.